The van der Waals surface area contributed by atoms with Crippen LogP contribution in [-0.4, -0.2) is 11.7 Å². The molecule has 94 valence electrons. The fourth-order valence-corrected chi connectivity index (χ4v) is 2.72. The van der Waals surface area contributed by atoms with Crippen molar-refractivity contribution in [1.82, 2.24) is 5.32 Å². The highest BCUT2D eigenvalue weighted by Gasteiger charge is 2.12. The Bertz CT molecular complexity index is 361. The molecule has 1 aromatic rings. The van der Waals surface area contributed by atoms with E-state index < -0.39 is 0 Å². The average molecular weight is 254 g/mol. The third-order valence-corrected chi connectivity index (χ3v) is 3.86. The van der Waals surface area contributed by atoms with Gasteiger partial charge in [0, 0.05) is 11.6 Å². The number of rotatable bonds is 4. The van der Waals surface area contributed by atoms with E-state index in [1.54, 1.807) is 12.1 Å². The number of benzene rings is 1. The molecule has 0 atom stereocenters. The number of hydrogen-bond acceptors (Lipinski definition) is 2. The minimum Gasteiger partial charge on any atom is -0.508 e. The van der Waals surface area contributed by atoms with Crippen LogP contribution in [0.15, 0.2) is 18.2 Å². The number of halogens is 1. The first kappa shape index (κ1) is 12.7. The molecule has 1 saturated carbocycles. The van der Waals surface area contributed by atoms with Crippen molar-refractivity contribution in [2.45, 2.75) is 38.6 Å². The molecule has 0 aromatic heterocycles. The SMILES string of the molecule is Oc1ccc(CNCC2CCCCC2)c(Cl)c1. The van der Waals surface area contributed by atoms with Crippen LogP contribution in [0.5, 0.6) is 5.75 Å². The first-order valence-corrected chi connectivity index (χ1v) is 6.81. The van der Waals surface area contributed by atoms with Crippen LogP contribution in [0.3, 0.4) is 0 Å². The molecule has 1 fully saturated rings. The van der Waals surface area contributed by atoms with Crippen LogP contribution in [0.25, 0.3) is 0 Å². The van der Waals surface area contributed by atoms with Gasteiger partial charge in [-0.1, -0.05) is 36.9 Å². The standard InChI is InChI=1S/C14H20ClNO/c15-14-8-13(17)7-6-12(14)10-16-9-11-4-2-1-3-5-11/h6-8,11,16-17H,1-5,9-10H2. The zero-order chi connectivity index (χ0) is 12.1. The Morgan fingerprint density at radius 3 is 2.71 bits per heavy atom. The van der Waals surface area contributed by atoms with Crippen molar-refractivity contribution in [3.8, 4) is 5.75 Å². The number of aromatic hydroxyl groups is 1. The normalized spacial score (nSPS) is 17.2. The first-order valence-electron chi connectivity index (χ1n) is 6.44. The lowest BCUT2D eigenvalue weighted by atomic mass is 9.89. The van der Waals surface area contributed by atoms with E-state index in [1.807, 2.05) is 6.07 Å². The summed E-state index contributed by atoms with van der Waals surface area (Å²) < 4.78 is 0. The van der Waals surface area contributed by atoms with Gasteiger partial charge < -0.3 is 10.4 Å². The molecule has 2 nitrogen and oxygen atoms in total. The second-order valence-corrected chi connectivity index (χ2v) is 5.32. The quantitative estimate of drug-likeness (QED) is 0.857. The highest BCUT2D eigenvalue weighted by Crippen LogP contribution is 2.24. The molecule has 2 rings (SSSR count). The summed E-state index contributed by atoms with van der Waals surface area (Å²) in [6, 6.07) is 5.16. The highest BCUT2D eigenvalue weighted by molar-refractivity contribution is 6.31. The molecule has 1 aromatic carbocycles. The van der Waals surface area contributed by atoms with Crippen LogP contribution < -0.4 is 5.32 Å². The number of phenols is 1. The number of nitrogens with one attached hydrogen (secondary N) is 1. The van der Waals surface area contributed by atoms with E-state index in [1.165, 1.54) is 32.1 Å². The van der Waals surface area contributed by atoms with Crippen LogP contribution in [0.1, 0.15) is 37.7 Å². The molecule has 2 N–H and O–H groups in total. The highest BCUT2D eigenvalue weighted by atomic mass is 35.5. The Morgan fingerprint density at radius 2 is 2.00 bits per heavy atom. The van der Waals surface area contributed by atoms with Crippen LogP contribution in [0.2, 0.25) is 5.02 Å². The minimum absolute atomic E-state index is 0.228. The monoisotopic (exact) mass is 253 g/mol. The Hall–Kier alpha value is -0.730. The number of hydrogen-bond donors (Lipinski definition) is 2. The van der Waals surface area contributed by atoms with Gasteiger partial charge in [-0.2, -0.15) is 0 Å². The zero-order valence-electron chi connectivity index (χ0n) is 10.1. The smallest absolute Gasteiger partial charge is 0.117 e. The van der Waals surface area contributed by atoms with E-state index in [9.17, 15) is 5.11 Å². The molecule has 3 heteroatoms. The molecule has 0 bridgehead atoms. The van der Waals surface area contributed by atoms with E-state index in [0.717, 1.165) is 24.6 Å². The third-order valence-electron chi connectivity index (χ3n) is 3.51. The van der Waals surface area contributed by atoms with Crippen molar-refractivity contribution in [3.05, 3.63) is 28.8 Å². The average Bonchev–Trinajstić information content (AvgIpc) is 2.33. The largest absolute Gasteiger partial charge is 0.508 e. The summed E-state index contributed by atoms with van der Waals surface area (Å²) in [4.78, 5) is 0. The molecular weight excluding hydrogens is 234 g/mol. The Morgan fingerprint density at radius 1 is 1.24 bits per heavy atom. The van der Waals surface area contributed by atoms with E-state index in [0.29, 0.717) is 5.02 Å². The molecule has 1 aliphatic carbocycles. The second kappa shape index (κ2) is 6.27. The van der Waals surface area contributed by atoms with Crippen LogP contribution in [-0.2, 0) is 6.54 Å². The first-order chi connectivity index (χ1) is 8.25. The summed E-state index contributed by atoms with van der Waals surface area (Å²) in [5, 5.41) is 13.4. The topological polar surface area (TPSA) is 32.3 Å². The van der Waals surface area contributed by atoms with Crippen LogP contribution in [0.4, 0.5) is 0 Å². The van der Waals surface area contributed by atoms with E-state index in [-0.39, 0.29) is 5.75 Å². The predicted octanol–water partition coefficient (Wildman–Crippen LogP) is 3.72. The molecule has 0 aliphatic heterocycles. The maximum Gasteiger partial charge on any atom is 0.117 e. The summed E-state index contributed by atoms with van der Waals surface area (Å²) in [6.07, 6.45) is 6.88. The van der Waals surface area contributed by atoms with Crippen LogP contribution in [0, 0.1) is 5.92 Å². The Kier molecular flexibility index (Phi) is 4.69. The lowest BCUT2D eigenvalue weighted by Crippen LogP contribution is -2.24. The molecule has 0 amide bonds. The molecule has 0 radical (unpaired) electrons. The molecule has 1 aliphatic rings. The van der Waals surface area contributed by atoms with Gasteiger partial charge in [0.2, 0.25) is 0 Å². The summed E-state index contributed by atoms with van der Waals surface area (Å²) in [6.45, 7) is 1.87. The van der Waals surface area contributed by atoms with Crippen molar-refractivity contribution in [2.75, 3.05) is 6.54 Å². The van der Waals surface area contributed by atoms with Gasteiger partial charge in [0.25, 0.3) is 0 Å². The fraction of sp³-hybridized carbons (Fsp3) is 0.571. The maximum absolute atomic E-state index is 9.26. The third kappa shape index (κ3) is 3.90. The van der Waals surface area contributed by atoms with E-state index in [2.05, 4.69) is 5.32 Å². The lowest BCUT2D eigenvalue weighted by Gasteiger charge is -2.21. The molecule has 0 spiro atoms. The molecular formula is C14H20ClNO. The van der Waals surface area contributed by atoms with Gasteiger partial charge >= 0.3 is 0 Å². The summed E-state index contributed by atoms with van der Waals surface area (Å²) in [7, 11) is 0. The summed E-state index contributed by atoms with van der Waals surface area (Å²) >= 11 is 6.05. The van der Waals surface area contributed by atoms with E-state index >= 15 is 0 Å². The second-order valence-electron chi connectivity index (χ2n) is 4.91. The summed E-state index contributed by atoms with van der Waals surface area (Å²) in [5.74, 6) is 1.06. The van der Waals surface area contributed by atoms with Crippen molar-refractivity contribution in [3.63, 3.8) is 0 Å². The predicted molar refractivity (Wildman–Crippen MR) is 71.4 cm³/mol. The van der Waals surface area contributed by atoms with Gasteiger partial charge in [-0.25, -0.2) is 0 Å². The van der Waals surface area contributed by atoms with Gasteiger partial charge in [-0.05, 0) is 43.0 Å². The molecule has 0 unspecified atom stereocenters. The van der Waals surface area contributed by atoms with E-state index in [4.69, 9.17) is 11.6 Å². The minimum atomic E-state index is 0.228. The van der Waals surface area contributed by atoms with Gasteiger partial charge in [0.05, 0.1) is 0 Å². The number of phenolic OH excluding ortho intramolecular Hbond substituents is 1. The Labute approximate surface area is 108 Å². The van der Waals surface area contributed by atoms with Crippen molar-refractivity contribution in [1.29, 1.82) is 0 Å². The molecule has 0 saturated heterocycles. The maximum atomic E-state index is 9.26. The van der Waals surface area contributed by atoms with Gasteiger partial charge in [-0.15, -0.1) is 0 Å². The lowest BCUT2D eigenvalue weighted by molar-refractivity contribution is 0.342. The molecule has 17 heavy (non-hydrogen) atoms. The van der Waals surface area contributed by atoms with Crippen LogP contribution >= 0.6 is 11.6 Å². The fourth-order valence-electron chi connectivity index (χ4n) is 2.48. The zero-order valence-corrected chi connectivity index (χ0v) is 10.8. The van der Waals surface area contributed by atoms with Gasteiger partial charge in [-0.3, -0.25) is 0 Å². The summed E-state index contributed by atoms with van der Waals surface area (Å²) in [5.41, 5.74) is 1.06. The van der Waals surface area contributed by atoms with Gasteiger partial charge in [0.15, 0.2) is 0 Å². The van der Waals surface area contributed by atoms with Crippen molar-refractivity contribution >= 4 is 11.6 Å². The Balaban J connectivity index is 1.77. The van der Waals surface area contributed by atoms with Crippen molar-refractivity contribution < 1.29 is 5.11 Å². The molecule has 0 heterocycles. The van der Waals surface area contributed by atoms with Gasteiger partial charge in [0.1, 0.15) is 5.75 Å². The van der Waals surface area contributed by atoms with Crippen molar-refractivity contribution in [2.24, 2.45) is 5.92 Å².